The molecule has 10 aromatic carbocycles. The molecule has 0 unspecified atom stereocenters. The molecule has 3 heteroatoms. The van der Waals surface area contributed by atoms with Crippen LogP contribution in [0.4, 0.5) is 17.1 Å². The average Bonchev–Trinajstić information content (AvgIpc) is 3.35. The monoisotopic (exact) mass is 807 g/mol. The minimum absolute atomic E-state index is 0.699. The quantitative estimate of drug-likeness (QED) is 0.155. The predicted molar refractivity (Wildman–Crippen MR) is 260 cm³/mol. The normalized spacial score (nSPS) is 13.9. The summed E-state index contributed by atoms with van der Waals surface area (Å²) in [5, 5.41) is 7.91. The van der Waals surface area contributed by atoms with Gasteiger partial charge in [0.25, 0.3) is 0 Å². The standard InChI is InChI=1S/C59H41NOSi/c1-4-19-42(20-5-1)43-35-37-45(38-36-43)60(54-31-18-22-44-21-10-11-27-49(44)54)46-39-40-56-53(41-46)59(50-28-12-15-32-55(50)61-56)51-29-13-16-33-57(51)62(47-23-6-2-7-24-47,48-25-8-3-9-26-48)58-34-17-14-30-52(58)59/h1-41H. The molecule has 1 spiro atoms. The molecule has 0 N–H and O–H groups in total. The minimum Gasteiger partial charge on any atom is -0.457 e. The van der Waals surface area contributed by atoms with Crippen LogP contribution in [0.3, 0.4) is 0 Å². The van der Waals surface area contributed by atoms with Crippen molar-refractivity contribution < 1.29 is 4.74 Å². The van der Waals surface area contributed by atoms with Gasteiger partial charge in [-0.05, 0) is 90.9 Å². The van der Waals surface area contributed by atoms with Crippen molar-refractivity contribution in [3.8, 4) is 22.6 Å². The smallest absolute Gasteiger partial charge is 0.180 e. The Morgan fingerprint density at radius 3 is 1.53 bits per heavy atom. The number of hydrogen-bond donors (Lipinski definition) is 0. The number of benzene rings is 10. The summed E-state index contributed by atoms with van der Waals surface area (Å²) in [4.78, 5) is 2.43. The topological polar surface area (TPSA) is 12.5 Å². The Labute approximate surface area is 363 Å². The van der Waals surface area contributed by atoms with E-state index in [1.807, 2.05) is 0 Å². The number of anilines is 3. The third-order valence-electron chi connectivity index (χ3n) is 13.3. The lowest BCUT2D eigenvalue weighted by Gasteiger charge is -2.51. The highest BCUT2D eigenvalue weighted by Crippen LogP contribution is 2.57. The van der Waals surface area contributed by atoms with Crippen LogP contribution in [0.5, 0.6) is 11.5 Å². The van der Waals surface area contributed by atoms with Gasteiger partial charge in [0.15, 0.2) is 8.07 Å². The van der Waals surface area contributed by atoms with Crippen molar-refractivity contribution in [3.05, 3.63) is 271 Å². The maximum absolute atomic E-state index is 7.03. The van der Waals surface area contributed by atoms with Crippen molar-refractivity contribution in [3.63, 3.8) is 0 Å². The molecule has 0 amide bonds. The van der Waals surface area contributed by atoms with E-state index in [0.29, 0.717) is 0 Å². The van der Waals surface area contributed by atoms with E-state index in [0.717, 1.165) is 39.7 Å². The molecule has 2 aliphatic heterocycles. The Kier molecular flexibility index (Phi) is 8.44. The zero-order chi connectivity index (χ0) is 41.1. The van der Waals surface area contributed by atoms with Crippen molar-refractivity contribution in [1.82, 2.24) is 0 Å². The lowest BCUT2D eigenvalue weighted by atomic mass is 9.63. The molecule has 0 aromatic heterocycles. The Hall–Kier alpha value is -7.72. The van der Waals surface area contributed by atoms with E-state index in [-0.39, 0.29) is 0 Å². The molecule has 0 aliphatic carbocycles. The lowest BCUT2D eigenvalue weighted by molar-refractivity contribution is 0.435. The largest absolute Gasteiger partial charge is 0.457 e. The highest BCUT2D eigenvalue weighted by molar-refractivity contribution is 7.20. The van der Waals surface area contributed by atoms with Crippen LogP contribution in [0.1, 0.15) is 22.3 Å². The molecule has 0 saturated carbocycles. The van der Waals surface area contributed by atoms with Gasteiger partial charge in [0.2, 0.25) is 0 Å². The van der Waals surface area contributed by atoms with E-state index < -0.39 is 13.5 Å². The van der Waals surface area contributed by atoms with Crippen LogP contribution in [0.15, 0.2) is 249 Å². The van der Waals surface area contributed by atoms with E-state index in [9.17, 15) is 0 Å². The first-order valence-electron chi connectivity index (χ1n) is 21.4. The Morgan fingerprint density at radius 1 is 0.355 bits per heavy atom. The number of rotatable bonds is 6. The highest BCUT2D eigenvalue weighted by atomic mass is 28.3. The van der Waals surface area contributed by atoms with Crippen molar-refractivity contribution in [2.75, 3.05) is 4.90 Å². The molecule has 0 atom stereocenters. The molecule has 2 aliphatic rings. The van der Waals surface area contributed by atoms with Crippen LogP contribution in [-0.4, -0.2) is 8.07 Å². The van der Waals surface area contributed by atoms with E-state index in [2.05, 4.69) is 254 Å². The summed E-state index contributed by atoms with van der Waals surface area (Å²) in [5.41, 5.74) is 9.82. The van der Waals surface area contributed by atoms with E-state index >= 15 is 0 Å². The van der Waals surface area contributed by atoms with Crippen molar-refractivity contribution in [2.24, 2.45) is 0 Å². The molecule has 2 heterocycles. The number of para-hydroxylation sites is 1. The van der Waals surface area contributed by atoms with Crippen molar-refractivity contribution in [2.45, 2.75) is 5.41 Å². The molecule has 12 rings (SSSR count). The van der Waals surface area contributed by atoms with Gasteiger partial charge in [-0.1, -0.05) is 206 Å². The summed E-state index contributed by atoms with van der Waals surface area (Å²) >= 11 is 0. The number of fused-ring (bicyclic) bond motifs is 9. The second-order valence-electron chi connectivity index (χ2n) is 16.3. The fourth-order valence-electron chi connectivity index (χ4n) is 10.7. The molecular formula is C59H41NOSi. The Balaban J connectivity index is 1.17. The van der Waals surface area contributed by atoms with Crippen LogP contribution in [0.25, 0.3) is 21.9 Å². The van der Waals surface area contributed by atoms with E-state index in [1.165, 1.54) is 53.8 Å². The van der Waals surface area contributed by atoms with Gasteiger partial charge in [-0.25, -0.2) is 0 Å². The van der Waals surface area contributed by atoms with Gasteiger partial charge in [-0.2, -0.15) is 0 Å². The zero-order valence-corrected chi connectivity index (χ0v) is 35.0. The second kappa shape index (κ2) is 14.5. The van der Waals surface area contributed by atoms with Gasteiger partial charge in [0.05, 0.1) is 11.1 Å². The summed E-state index contributed by atoms with van der Waals surface area (Å²) in [7, 11) is -2.88. The molecule has 0 bridgehead atoms. The summed E-state index contributed by atoms with van der Waals surface area (Å²) in [6.07, 6.45) is 0. The summed E-state index contributed by atoms with van der Waals surface area (Å²) in [6, 6.07) is 91.7. The zero-order valence-electron chi connectivity index (χ0n) is 34.0. The van der Waals surface area contributed by atoms with E-state index in [4.69, 9.17) is 4.74 Å². The van der Waals surface area contributed by atoms with Crippen molar-refractivity contribution >= 4 is 56.7 Å². The van der Waals surface area contributed by atoms with Gasteiger partial charge in [0, 0.05) is 27.9 Å². The van der Waals surface area contributed by atoms with Gasteiger partial charge in [-0.15, -0.1) is 0 Å². The summed E-state index contributed by atoms with van der Waals surface area (Å²) in [5.74, 6) is 1.75. The van der Waals surface area contributed by atoms with Gasteiger partial charge < -0.3 is 9.64 Å². The minimum atomic E-state index is -2.88. The van der Waals surface area contributed by atoms with Crippen LogP contribution < -0.4 is 30.4 Å². The SMILES string of the molecule is c1ccc(-c2ccc(N(c3ccc4c(c3)C3(c5ccccc5O4)c4ccccc4[Si](c4ccccc4)(c4ccccc4)c4ccccc43)c3cccc4ccccc34)cc2)cc1. The maximum atomic E-state index is 7.03. The molecule has 0 radical (unpaired) electrons. The lowest BCUT2D eigenvalue weighted by Crippen LogP contribution is -2.79. The fraction of sp³-hybridized carbons (Fsp3) is 0.0169. The third-order valence-corrected chi connectivity index (χ3v) is 18.1. The molecule has 292 valence electrons. The van der Waals surface area contributed by atoms with Crippen LogP contribution >= 0.6 is 0 Å². The summed E-state index contributed by atoms with van der Waals surface area (Å²) in [6.45, 7) is 0. The first-order chi connectivity index (χ1) is 30.8. The molecule has 10 aromatic rings. The maximum Gasteiger partial charge on any atom is 0.180 e. The summed E-state index contributed by atoms with van der Waals surface area (Å²) < 4.78 is 7.03. The van der Waals surface area contributed by atoms with Gasteiger partial charge >= 0.3 is 0 Å². The molecule has 0 fully saturated rings. The molecule has 2 nitrogen and oxygen atoms in total. The Morgan fingerprint density at radius 2 is 0.855 bits per heavy atom. The van der Waals surface area contributed by atoms with E-state index in [1.54, 1.807) is 0 Å². The second-order valence-corrected chi connectivity index (χ2v) is 20.1. The molecule has 0 saturated heterocycles. The van der Waals surface area contributed by atoms with Gasteiger partial charge in [0.1, 0.15) is 11.5 Å². The first kappa shape index (κ1) is 36.2. The molecular weight excluding hydrogens is 767 g/mol. The average molecular weight is 808 g/mol. The highest BCUT2D eigenvalue weighted by Gasteiger charge is 2.57. The number of nitrogens with zero attached hydrogens (tertiary/aromatic N) is 1. The predicted octanol–water partition coefficient (Wildman–Crippen LogP) is 12.2. The fourth-order valence-corrected chi connectivity index (χ4v) is 16.0. The molecule has 62 heavy (non-hydrogen) atoms. The first-order valence-corrected chi connectivity index (χ1v) is 23.4. The van der Waals surface area contributed by atoms with Gasteiger partial charge in [-0.3, -0.25) is 0 Å². The van der Waals surface area contributed by atoms with Crippen LogP contribution in [0.2, 0.25) is 0 Å². The number of ether oxygens (including phenoxy) is 1. The Bertz CT molecular complexity index is 3180. The third kappa shape index (κ3) is 5.28. The van der Waals surface area contributed by atoms with Crippen LogP contribution in [0, 0.1) is 0 Å². The van der Waals surface area contributed by atoms with Crippen LogP contribution in [-0.2, 0) is 5.41 Å². The van der Waals surface area contributed by atoms with Crippen molar-refractivity contribution in [1.29, 1.82) is 0 Å². The number of hydrogen-bond acceptors (Lipinski definition) is 2.